The van der Waals surface area contributed by atoms with Gasteiger partial charge in [0.05, 0.1) is 23.4 Å². The van der Waals surface area contributed by atoms with E-state index in [-0.39, 0.29) is 42.2 Å². The van der Waals surface area contributed by atoms with Crippen LogP contribution in [0, 0.1) is 0 Å². The lowest BCUT2D eigenvalue weighted by atomic mass is 9.82. The predicted octanol–water partition coefficient (Wildman–Crippen LogP) is 3.27. The number of piperidine rings is 1. The van der Waals surface area contributed by atoms with Crippen LogP contribution in [-0.2, 0) is 0 Å². The third kappa shape index (κ3) is 3.31. The van der Waals surface area contributed by atoms with E-state index in [1.165, 1.54) is 0 Å². The molecule has 2 N–H and O–H groups in total. The molecule has 1 fully saturated rings. The maximum Gasteiger partial charge on any atom is 0.256 e. The fourth-order valence-corrected chi connectivity index (χ4v) is 4.58. The maximum atomic E-state index is 13.5. The molecule has 1 atom stereocenters. The molecule has 0 radical (unpaired) electrons. The van der Waals surface area contributed by atoms with Gasteiger partial charge in [-0.3, -0.25) is 14.4 Å². The lowest BCUT2D eigenvalue weighted by Crippen LogP contribution is -2.43. The first-order chi connectivity index (χ1) is 14.6. The molecule has 30 heavy (non-hydrogen) atoms. The number of rotatable bonds is 5. The summed E-state index contributed by atoms with van der Waals surface area (Å²) in [7, 11) is 0. The van der Waals surface area contributed by atoms with E-state index in [2.05, 4.69) is 12.2 Å². The molecule has 0 saturated carbocycles. The molecule has 0 spiro atoms. The molecule has 0 unspecified atom stereocenters. The Morgan fingerprint density at radius 1 is 1.07 bits per heavy atom. The number of aliphatic hydroxyl groups excluding tert-OH is 1. The Bertz CT molecular complexity index is 1010. The van der Waals surface area contributed by atoms with Crippen molar-refractivity contribution in [2.24, 2.45) is 0 Å². The zero-order valence-electron chi connectivity index (χ0n) is 17.1. The van der Waals surface area contributed by atoms with Crippen molar-refractivity contribution in [2.75, 3.05) is 25.0 Å². The van der Waals surface area contributed by atoms with Gasteiger partial charge in [0.15, 0.2) is 11.6 Å². The summed E-state index contributed by atoms with van der Waals surface area (Å²) in [4.78, 5) is 41.8. The van der Waals surface area contributed by atoms with Crippen molar-refractivity contribution in [3.63, 3.8) is 0 Å². The first-order valence-electron chi connectivity index (χ1n) is 10.6. The van der Waals surface area contributed by atoms with Crippen LogP contribution in [-0.4, -0.2) is 53.2 Å². The molecule has 156 valence electrons. The molecular weight excluding hydrogens is 380 g/mol. The van der Waals surface area contributed by atoms with Crippen molar-refractivity contribution in [1.29, 1.82) is 0 Å². The van der Waals surface area contributed by atoms with Gasteiger partial charge in [0.2, 0.25) is 0 Å². The molecular formula is C24H26N2O4. The van der Waals surface area contributed by atoms with Crippen LogP contribution >= 0.6 is 0 Å². The van der Waals surface area contributed by atoms with Crippen LogP contribution in [0.25, 0.3) is 0 Å². The van der Waals surface area contributed by atoms with Crippen LogP contribution in [0.5, 0.6) is 0 Å². The Hall–Kier alpha value is -2.99. The lowest BCUT2D eigenvalue weighted by Gasteiger charge is -2.36. The summed E-state index contributed by atoms with van der Waals surface area (Å²) >= 11 is 0. The minimum Gasteiger partial charge on any atom is -0.395 e. The number of anilines is 1. The zero-order chi connectivity index (χ0) is 21.3. The molecule has 6 nitrogen and oxygen atoms in total. The van der Waals surface area contributed by atoms with Crippen molar-refractivity contribution in [3.05, 3.63) is 64.2 Å². The molecule has 1 aliphatic heterocycles. The van der Waals surface area contributed by atoms with Crippen LogP contribution in [0.1, 0.15) is 74.8 Å². The third-order valence-electron chi connectivity index (χ3n) is 6.10. The number of carbonyl (C=O) groups excluding carboxylic acids is 3. The van der Waals surface area contributed by atoms with Gasteiger partial charge < -0.3 is 15.3 Å². The number of likely N-dealkylation sites (tertiary alicyclic amines) is 1. The van der Waals surface area contributed by atoms with Crippen molar-refractivity contribution in [2.45, 2.75) is 38.6 Å². The highest BCUT2D eigenvalue weighted by Crippen LogP contribution is 2.35. The second-order valence-electron chi connectivity index (χ2n) is 7.82. The Morgan fingerprint density at radius 3 is 2.50 bits per heavy atom. The summed E-state index contributed by atoms with van der Waals surface area (Å²) in [6.45, 7) is 2.78. The summed E-state index contributed by atoms with van der Waals surface area (Å²) < 4.78 is 0. The van der Waals surface area contributed by atoms with Crippen molar-refractivity contribution in [3.8, 4) is 0 Å². The van der Waals surface area contributed by atoms with Crippen LogP contribution in [0.4, 0.5) is 5.69 Å². The highest BCUT2D eigenvalue weighted by atomic mass is 16.3. The monoisotopic (exact) mass is 406 g/mol. The van der Waals surface area contributed by atoms with Gasteiger partial charge in [-0.15, -0.1) is 0 Å². The summed E-state index contributed by atoms with van der Waals surface area (Å²) in [5.41, 5.74) is 1.97. The molecule has 0 aromatic heterocycles. The third-order valence-corrected chi connectivity index (χ3v) is 6.10. The van der Waals surface area contributed by atoms with Gasteiger partial charge >= 0.3 is 0 Å². The lowest BCUT2D eigenvalue weighted by molar-refractivity contribution is 0.0608. The minimum atomic E-state index is -0.277. The van der Waals surface area contributed by atoms with Crippen LogP contribution in [0.15, 0.2) is 36.4 Å². The Kier molecular flexibility index (Phi) is 5.68. The Labute approximate surface area is 175 Å². The largest absolute Gasteiger partial charge is 0.395 e. The maximum absolute atomic E-state index is 13.5. The molecule has 2 aromatic rings. The van der Waals surface area contributed by atoms with Gasteiger partial charge in [0.25, 0.3) is 5.91 Å². The van der Waals surface area contributed by atoms with Crippen molar-refractivity contribution >= 4 is 23.2 Å². The molecule has 1 heterocycles. The number of fused-ring (bicyclic) bond motifs is 2. The standard InChI is InChI=1S/C24H26N2O4/c1-2-15-7-5-6-13-26(15)24(30)19-11-10-18-20(21(19)25-12-14-27)23(29)17-9-4-3-8-16(17)22(18)28/h3-4,8-11,15,25,27H,2,5-7,12-14H2,1H3/t15-/m1/s1. The first kappa shape index (κ1) is 20.3. The molecule has 4 rings (SSSR count). The number of nitrogens with zero attached hydrogens (tertiary/aromatic N) is 1. The Balaban J connectivity index is 1.84. The smallest absolute Gasteiger partial charge is 0.256 e. The van der Waals surface area contributed by atoms with E-state index in [1.807, 2.05) is 4.90 Å². The summed E-state index contributed by atoms with van der Waals surface area (Å²) in [5, 5.41) is 12.4. The molecule has 1 saturated heterocycles. The molecule has 6 heteroatoms. The van der Waals surface area contributed by atoms with Crippen LogP contribution in [0.2, 0.25) is 0 Å². The Morgan fingerprint density at radius 2 is 1.80 bits per heavy atom. The molecule has 0 bridgehead atoms. The van der Waals surface area contributed by atoms with E-state index in [9.17, 15) is 19.5 Å². The highest BCUT2D eigenvalue weighted by Gasteiger charge is 2.35. The molecule has 2 aromatic carbocycles. The number of amides is 1. The molecule has 2 aliphatic rings. The molecule has 1 amide bonds. The average Bonchev–Trinajstić information content (AvgIpc) is 2.80. The number of aliphatic hydroxyl groups is 1. The fourth-order valence-electron chi connectivity index (χ4n) is 4.58. The minimum absolute atomic E-state index is 0.135. The number of carbonyl (C=O) groups is 3. The van der Waals surface area contributed by atoms with E-state index < -0.39 is 0 Å². The van der Waals surface area contributed by atoms with E-state index in [4.69, 9.17) is 0 Å². The van der Waals surface area contributed by atoms with Crippen molar-refractivity contribution in [1.82, 2.24) is 4.90 Å². The summed E-state index contributed by atoms with van der Waals surface area (Å²) in [5.74, 6) is -0.638. The second-order valence-corrected chi connectivity index (χ2v) is 7.82. The topological polar surface area (TPSA) is 86.7 Å². The fraction of sp³-hybridized carbons (Fsp3) is 0.375. The van der Waals surface area contributed by atoms with Gasteiger partial charge in [-0.1, -0.05) is 31.2 Å². The number of hydrogen-bond acceptors (Lipinski definition) is 5. The number of nitrogens with one attached hydrogen (secondary N) is 1. The normalized spacial score (nSPS) is 18.1. The zero-order valence-corrected chi connectivity index (χ0v) is 17.1. The van der Waals surface area contributed by atoms with Gasteiger partial charge in [0.1, 0.15) is 0 Å². The van der Waals surface area contributed by atoms with Gasteiger partial charge in [-0.05, 0) is 37.8 Å². The van der Waals surface area contributed by atoms with Gasteiger partial charge in [0, 0.05) is 35.8 Å². The predicted molar refractivity (Wildman–Crippen MR) is 114 cm³/mol. The van der Waals surface area contributed by atoms with E-state index in [0.29, 0.717) is 34.5 Å². The quantitative estimate of drug-likeness (QED) is 0.679. The van der Waals surface area contributed by atoms with Crippen LogP contribution in [0.3, 0.4) is 0 Å². The SMILES string of the molecule is CC[C@@H]1CCCCN1C(=O)c1ccc2c(c1NCCO)C(=O)c1ccccc1C2=O. The van der Waals surface area contributed by atoms with E-state index >= 15 is 0 Å². The van der Waals surface area contributed by atoms with Gasteiger partial charge in [-0.2, -0.15) is 0 Å². The number of hydrogen-bond donors (Lipinski definition) is 2. The van der Waals surface area contributed by atoms with Gasteiger partial charge in [-0.25, -0.2) is 0 Å². The van der Waals surface area contributed by atoms with Crippen LogP contribution < -0.4 is 5.32 Å². The van der Waals surface area contributed by atoms with E-state index in [1.54, 1.807) is 36.4 Å². The van der Waals surface area contributed by atoms with E-state index in [0.717, 1.165) is 25.7 Å². The first-order valence-corrected chi connectivity index (χ1v) is 10.6. The highest BCUT2D eigenvalue weighted by molar-refractivity contribution is 6.31. The summed E-state index contributed by atoms with van der Waals surface area (Å²) in [6.07, 6.45) is 3.90. The van der Waals surface area contributed by atoms with Crippen molar-refractivity contribution < 1.29 is 19.5 Å². The molecule has 1 aliphatic carbocycles. The number of ketones is 2. The summed E-state index contributed by atoms with van der Waals surface area (Å²) in [6, 6.07) is 10.2. The number of benzene rings is 2. The second kappa shape index (κ2) is 8.40. The average molecular weight is 406 g/mol.